The van der Waals surface area contributed by atoms with Crippen molar-refractivity contribution in [3.63, 3.8) is 0 Å². The molecule has 0 atom stereocenters. The van der Waals surface area contributed by atoms with E-state index in [1.807, 2.05) is 6.07 Å². The summed E-state index contributed by atoms with van der Waals surface area (Å²) in [7, 11) is 0. The Hall–Kier alpha value is -2.68. The van der Waals surface area contributed by atoms with Crippen LogP contribution in [0.5, 0.6) is 0 Å². The fraction of sp³-hybridized carbons (Fsp3) is 0. The lowest BCUT2D eigenvalue weighted by molar-refractivity contribution is -0.384. The largest absolute Gasteiger partial charge is 0.305 e. The predicted octanol–water partition coefficient (Wildman–Crippen LogP) is 1.65. The van der Waals surface area contributed by atoms with Gasteiger partial charge in [-0.1, -0.05) is 0 Å². The van der Waals surface area contributed by atoms with Crippen molar-refractivity contribution in [2.24, 2.45) is 0 Å². The minimum absolute atomic E-state index is 0.0318. The molecule has 2 aromatic rings. The molecule has 0 bridgehead atoms. The van der Waals surface area contributed by atoms with E-state index in [1.165, 1.54) is 18.5 Å². The number of nitriles is 1. The first kappa shape index (κ1) is 9.86. The van der Waals surface area contributed by atoms with E-state index in [0.717, 1.165) is 5.69 Å². The van der Waals surface area contributed by atoms with Crippen molar-refractivity contribution in [2.45, 2.75) is 0 Å². The molecular weight excluding hydrogens is 208 g/mol. The Morgan fingerprint density at radius 1 is 1.38 bits per heavy atom. The van der Waals surface area contributed by atoms with Crippen LogP contribution in [-0.4, -0.2) is 14.5 Å². The van der Waals surface area contributed by atoms with Crippen molar-refractivity contribution in [1.82, 2.24) is 9.55 Å². The van der Waals surface area contributed by atoms with Gasteiger partial charge in [0.1, 0.15) is 12.4 Å². The van der Waals surface area contributed by atoms with Crippen LogP contribution in [-0.2, 0) is 0 Å². The molecule has 1 heterocycles. The lowest BCUT2D eigenvalue weighted by Crippen LogP contribution is -1.91. The summed E-state index contributed by atoms with van der Waals surface area (Å²) >= 11 is 0. The summed E-state index contributed by atoms with van der Waals surface area (Å²) in [5.74, 6) is 0. The molecule has 0 amide bonds. The van der Waals surface area contributed by atoms with E-state index >= 15 is 0 Å². The predicted molar refractivity (Wildman–Crippen MR) is 54.9 cm³/mol. The average Bonchev–Trinajstić information content (AvgIpc) is 2.77. The quantitative estimate of drug-likeness (QED) is 0.562. The second kappa shape index (κ2) is 3.82. The van der Waals surface area contributed by atoms with Crippen molar-refractivity contribution in [2.75, 3.05) is 0 Å². The molecule has 0 spiro atoms. The summed E-state index contributed by atoms with van der Waals surface area (Å²) in [6, 6.07) is 7.91. The highest BCUT2D eigenvalue weighted by atomic mass is 16.6. The highest BCUT2D eigenvalue weighted by Gasteiger charge is 2.05. The number of imidazole rings is 1. The number of aromatic nitrogens is 2. The normalized spacial score (nSPS) is 9.69. The van der Waals surface area contributed by atoms with Gasteiger partial charge in [-0.25, -0.2) is 4.98 Å². The van der Waals surface area contributed by atoms with E-state index in [2.05, 4.69) is 4.98 Å². The van der Waals surface area contributed by atoms with Gasteiger partial charge in [-0.3, -0.25) is 10.1 Å². The highest BCUT2D eigenvalue weighted by molar-refractivity contribution is 5.41. The van der Waals surface area contributed by atoms with E-state index in [0.29, 0.717) is 5.69 Å². The molecule has 2 rings (SSSR count). The Balaban J connectivity index is 2.35. The Kier molecular flexibility index (Phi) is 2.36. The van der Waals surface area contributed by atoms with Gasteiger partial charge >= 0.3 is 0 Å². The van der Waals surface area contributed by atoms with E-state index < -0.39 is 4.92 Å². The Bertz CT molecular complexity index is 565. The zero-order valence-electron chi connectivity index (χ0n) is 8.07. The first-order chi connectivity index (χ1) is 7.70. The van der Waals surface area contributed by atoms with Gasteiger partial charge < -0.3 is 4.57 Å². The van der Waals surface area contributed by atoms with Crippen molar-refractivity contribution in [1.29, 1.82) is 5.26 Å². The van der Waals surface area contributed by atoms with E-state index in [-0.39, 0.29) is 5.69 Å². The van der Waals surface area contributed by atoms with Crippen LogP contribution in [0.1, 0.15) is 5.69 Å². The lowest BCUT2D eigenvalue weighted by atomic mass is 10.3. The molecule has 0 saturated carbocycles. The Morgan fingerprint density at radius 2 is 2.06 bits per heavy atom. The number of rotatable bonds is 2. The van der Waals surface area contributed by atoms with Gasteiger partial charge in [0.2, 0.25) is 0 Å². The number of hydrogen-bond donors (Lipinski definition) is 0. The van der Waals surface area contributed by atoms with E-state index in [4.69, 9.17) is 5.26 Å². The third-order valence-electron chi connectivity index (χ3n) is 2.06. The minimum atomic E-state index is -0.460. The van der Waals surface area contributed by atoms with Crippen molar-refractivity contribution < 1.29 is 4.92 Å². The molecule has 6 nitrogen and oxygen atoms in total. The Morgan fingerprint density at radius 3 is 2.56 bits per heavy atom. The van der Waals surface area contributed by atoms with Crippen molar-refractivity contribution in [3.05, 3.63) is 52.6 Å². The van der Waals surface area contributed by atoms with Gasteiger partial charge in [0.15, 0.2) is 5.69 Å². The monoisotopic (exact) mass is 214 g/mol. The second-order valence-corrected chi connectivity index (χ2v) is 3.05. The van der Waals surface area contributed by atoms with Crippen LogP contribution in [0.15, 0.2) is 36.8 Å². The van der Waals surface area contributed by atoms with Gasteiger partial charge in [0.05, 0.1) is 4.92 Å². The zero-order valence-corrected chi connectivity index (χ0v) is 8.07. The van der Waals surface area contributed by atoms with E-state index in [9.17, 15) is 10.1 Å². The van der Waals surface area contributed by atoms with Gasteiger partial charge in [0.25, 0.3) is 5.69 Å². The van der Waals surface area contributed by atoms with Gasteiger partial charge in [-0.05, 0) is 12.1 Å². The van der Waals surface area contributed by atoms with E-state index in [1.54, 1.807) is 22.9 Å². The SMILES string of the molecule is N#Cc1cn(-c2ccc([N+](=O)[O-])cc2)cn1. The summed E-state index contributed by atoms with van der Waals surface area (Å²) < 4.78 is 1.63. The molecule has 0 fully saturated rings. The number of benzene rings is 1. The molecule has 1 aromatic heterocycles. The van der Waals surface area contributed by atoms with Crippen LogP contribution >= 0.6 is 0 Å². The molecule has 16 heavy (non-hydrogen) atoms. The minimum Gasteiger partial charge on any atom is -0.305 e. The molecule has 78 valence electrons. The summed E-state index contributed by atoms with van der Waals surface area (Å²) in [6.45, 7) is 0. The maximum absolute atomic E-state index is 10.4. The van der Waals surface area contributed by atoms with Crippen molar-refractivity contribution in [3.8, 4) is 11.8 Å². The molecule has 1 aromatic carbocycles. The summed E-state index contributed by atoms with van der Waals surface area (Å²) in [4.78, 5) is 13.8. The molecule has 0 aliphatic carbocycles. The average molecular weight is 214 g/mol. The first-order valence-electron chi connectivity index (χ1n) is 4.39. The molecular formula is C10H6N4O2. The second-order valence-electron chi connectivity index (χ2n) is 3.05. The van der Waals surface area contributed by atoms with Crippen LogP contribution in [0, 0.1) is 21.4 Å². The summed E-state index contributed by atoms with van der Waals surface area (Å²) in [6.07, 6.45) is 3.04. The Labute approximate surface area is 90.5 Å². The molecule has 0 unspecified atom stereocenters. The molecule has 0 aliphatic rings. The molecule has 6 heteroatoms. The van der Waals surface area contributed by atoms with Gasteiger partial charge in [0, 0.05) is 24.0 Å². The fourth-order valence-electron chi connectivity index (χ4n) is 1.27. The molecule has 0 aliphatic heterocycles. The smallest absolute Gasteiger partial charge is 0.269 e. The standard InChI is InChI=1S/C10H6N4O2/c11-5-8-6-13(7-12-8)9-1-3-10(4-2-9)14(15)16/h1-4,6-7H. The number of non-ortho nitro benzene ring substituents is 1. The topological polar surface area (TPSA) is 84.8 Å². The number of hydrogen-bond acceptors (Lipinski definition) is 4. The van der Waals surface area contributed by atoms with Crippen LogP contribution in [0.4, 0.5) is 5.69 Å². The van der Waals surface area contributed by atoms with Gasteiger partial charge in [-0.2, -0.15) is 5.26 Å². The summed E-state index contributed by atoms with van der Waals surface area (Å²) in [5, 5.41) is 19.0. The third-order valence-corrected chi connectivity index (χ3v) is 2.06. The zero-order chi connectivity index (χ0) is 11.5. The first-order valence-corrected chi connectivity index (χ1v) is 4.39. The molecule has 0 saturated heterocycles. The molecule has 0 N–H and O–H groups in total. The number of nitro benzene ring substituents is 1. The third kappa shape index (κ3) is 1.74. The maximum atomic E-state index is 10.4. The number of nitrogens with zero attached hydrogens (tertiary/aromatic N) is 4. The number of nitro groups is 1. The fourth-order valence-corrected chi connectivity index (χ4v) is 1.27. The van der Waals surface area contributed by atoms with Crippen LogP contribution in [0.3, 0.4) is 0 Å². The van der Waals surface area contributed by atoms with Crippen molar-refractivity contribution >= 4 is 5.69 Å². The lowest BCUT2D eigenvalue weighted by Gasteiger charge is -1.99. The van der Waals surface area contributed by atoms with Crippen LogP contribution in [0.25, 0.3) is 5.69 Å². The summed E-state index contributed by atoms with van der Waals surface area (Å²) in [5.41, 5.74) is 1.06. The molecule has 0 radical (unpaired) electrons. The van der Waals surface area contributed by atoms with Crippen LogP contribution in [0.2, 0.25) is 0 Å². The maximum Gasteiger partial charge on any atom is 0.269 e. The van der Waals surface area contributed by atoms with Crippen LogP contribution < -0.4 is 0 Å². The highest BCUT2D eigenvalue weighted by Crippen LogP contribution is 2.15. The van der Waals surface area contributed by atoms with Gasteiger partial charge in [-0.15, -0.1) is 0 Å².